The maximum Gasteiger partial charge on any atom is 0.356 e. The molecule has 0 aliphatic heterocycles. The number of aromatic nitrogens is 2. The van der Waals surface area contributed by atoms with E-state index >= 15 is 0 Å². The number of hydrogen-bond donors (Lipinski definition) is 3. The second-order valence-electron chi connectivity index (χ2n) is 7.92. The number of ether oxygens (including phenoxy) is 2. The van der Waals surface area contributed by atoms with Crippen LogP contribution in [0.5, 0.6) is 11.6 Å². The van der Waals surface area contributed by atoms with E-state index in [0.717, 1.165) is 0 Å². The zero-order chi connectivity index (χ0) is 27.3. The average Bonchev–Trinajstić information content (AvgIpc) is 3.55. The maximum absolute atomic E-state index is 13.2. The van der Waals surface area contributed by atoms with E-state index in [1.54, 1.807) is 36.4 Å². The molecule has 0 atom stereocenters. The number of nitrogens with zero attached hydrogens (tertiary/aromatic N) is 2. The van der Waals surface area contributed by atoms with Crippen LogP contribution in [-0.4, -0.2) is 55.4 Å². The van der Waals surface area contributed by atoms with Crippen molar-refractivity contribution >= 4 is 27.6 Å². The van der Waals surface area contributed by atoms with Crippen LogP contribution in [0, 0.1) is 6.92 Å². The summed E-state index contributed by atoms with van der Waals surface area (Å²) in [6, 6.07) is 15.7. The van der Waals surface area contributed by atoms with E-state index in [2.05, 4.69) is 15.1 Å². The summed E-state index contributed by atoms with van der Waals surface area (Å²) in [5, 5.41) is 16.4. The Kier molecular flexibility index (Phi) is 7.90. The molecule has 12 nitrogen and oxygen atoms in total. The predicted molar refractivity (Wildman–Crippen MR) is 136 cm³/mol. The van der Waals surface area contributed by atoms with Crippen molar-refractivity contribution in [1.82, 2.24) is 14.5 Å². The van der Waals surface area contributed by atoms with Gasteiger partial charge in [0.15, 0.2) is 11.5 Å². The third-order valence-corrected chi connectivity index (χ3v) is 6.79. The summed E-state index contributed by atoms with van der Waals surface area (Å²) in [6.45, 7) is 1.60. The number of sulfonamides is 1. The first-order chi connectivity index (χ1) is 18.2. The van der Waals surface area contributed by atoms with Gasteiger partial charge in [0.1, 0.15) is 10.6 Å². The van der Waals surface area contributed by atoms with E-state index < -0.39 is 21.9 Å². The molecule has 0 bridgehead atoms. The molecule has 198 valence electrons. The van der Waals surface area contributed by atoms with Gasteiger partial charge in [0.2, 0.25) is 15.9 Å². The molecule has 0 fully saturated rings. The third kappa shape index (κ3) is 5.75. The zero-order valence-electron chi connectivity index (χ0n) is 20.4. The van der Waals surface area contributed by atoms with Crippen LogP contribution in [0.3, 0.4) is 0 Å². The number of benzene rings is 2. The van der Waals surface area contributed by atoms with Gasteiger partial charge in [-0.25, -0.2) is 17.9 Å². The lowest BCUT2D eigenvalue weighted by Gasteiger charge is -2.16. The van der Waals surface area contributed by atoms with Crippen molar-refractivity contribution < 1.29 is 37.0 Å². The predicted octanol–water partition coefficient (Wildman–Crippen LogP) is 3.44. The van der Waals surface area contributed by atoms with E-state index in [1.165, 1.54) is 49.2 Å². The molecule has 2 aromatic carbocycles. The van der Waals surface area contributed by atoms with Gasteiger partial charge in [-0.15, -0.1) is 0 Å². The molecule has 2 heterocycles. The number of anilines is 1. The number of carbonyl (C=O) groups excluding carboxylic acids is 1. The number of methoxy groups -OCH3 is 1. The summed E-state index contributed by atoms with van der Waals surface area (Å²) in [5.41, 5.74) is 0.592. The van der Waals surface area contributed by atoms with Gasteiger partial charge >= 0.3 is 5.97 Å². The lowest BCUT2D eigenvalue weighted by molar-refractivity contribution is 0.0689. The van der Waals surface area contributed by atoms with Crippen molar-refractivity contribution in [3.8, 4) is 17.3 Å². The Labute approximate surface area is 217 Å². The van der Waals surface area contributed by atoms with Gasteiger partial charge in [0.05, 0.1) is 18.6 Å². The quantitative estimate of drug-likeness (QED) is 0.242. The van der Waals surface area contributed by atoms with Crippen LogP contribution >= 0.6 is 0 Å². The number of carboxylic acids is 1. The summed E-state index contributed by atoms with van der Waals surface area (Å²) >= 11 is 0. The first kappa shape index (κ1) is 26.6. The fourth-order valence-electron chi connectivity index (χ4n) is 3.49. The second-order valence-corrected chi connectivity index (χ2v) is 9.65. The Bertz CT molecular complexity index is 1550. The normalized spacial score (nSPS) is 11.3. The van der Waals surface area contributed by atoms with E-state index in [9.17, 15) is 23.1 Å². The number of rotatable bonds is 11. The number of carboxylic acid groups (broad SMARTS) is 1. The molecule has 0 saturated heterocycles. The summed E-state index contributed by atoms with van der Waals surface area (Å²) < 4.78 is 46.2. The fourth-order valence-corrected chi connectivity index (χ4v) is 4.65. The van der Waals surface area contributed by atoms with Crippen LogP contribution in [0.25, 0.3) is 5.69 Å². The summed E-state index contributed by atoms with van der Waals surface area (Å²) in [6.07, 6.45) is 1.34. The van der Waals surface area contributed by atoms with Crippen molar-refractivity contribution in [3.63, 3.8) is 0 Å². The van der Waals surface area contributed by atoms with Crippen LogP contribution in [0.1, 0.15) is 26.6 Å². The molecule has 0 aliphatic rings. The van der Waals surface area contributed by atoms with Crippen LogP contribution in [-0.2, 0) is 14.8 Å². The number of nitrogens with one attached hydrogen (secondary N) is 2. The zero-order valence-corrected chi connectivity index (χ0v) is 21.2. The Hall–Kier alpha value is -4.46. The van der Waals surface area contributed by atoms with Crippen molar-refractivity contribution in [2.45, 2.75) is 11.8 Å². The van der Waals surface area contributed by atoms with E-state index in [-0.39, 0.29) is 52.4 Å². The van der Waals surface area contributed by atoms with Crippen molar-refractivity contribution in [3.05, 3.63) is 83.9 Å². The van der Waals surface area contributed by atoms with Crippen LogP contribution in [0.4, 0.5) is 5.69 Å². The lowest BCUT2D eigenvalue weighted by Crippen LogP contribution is -2.27. The maximum atomic E-state index is 13.2. The first-order valence-corrected chi connectivity index (χ1v) is 12.7. The molecule has 2 aromatic heterocycles. The van der Waals surface area contributed by atoms with Crippen molar-refractivity contribution in [2.24, 2.45) is 0 Å². The van der Waals surface area contributed by atoms with Gasteiger partial charge in [0, 0.05) is 24.9 Å². The molecule has 0 aliphatic carbocycles. The number of amides is 1. The summed E-state index contributed by atoms with van der Waals surface area (Å²) in [4.78, 5) is 23.9. The molecule has 3 N–H and O–H groups in total. The largest absolute Gasteiger partial charge is 0.476 e. The van der Waals surface area contributed by atoms with Gasteiger partial charge in [-0.1, -0.05) is 18.2 Å². The van der Waals surface area contributed by atoms with E-state index in [1.807, 2.05) is 0 Å². The van der Waals surface area contributed by atoms with Gasteiger partial charge in [-0.05, 0) is 49.4 Å². The molecule has 0 unspecified atom stereocenters. The minimum Gasteiger partial charge on any atom is -0.476 e. The standard InChI is InChI=1S/C25H24N4O8S/c1-16-22(25(31)32)28-29(18-7-4-3-5-8-18)24(16)37-19-11-10-17(27-23(30)20-9-6-13-36-20)15-21(19)38(33,34)26-12-14-35-2/h3-11,13,15,26H,12,14H2,1-2H3,(H,27,30)(H,31,32). The Morgan fingerprint density at radius 3 is 2.53 bits per heavy atom. The number of para-hydroxylation sites is 1. The SMILES string of the molecule is COCCNS(=O)(=O)c1cc(NC(=O)c2ccco2)ccc1Oc1c(C)c(C(=O)O)nn1-c1ccccc1. The number of carbonyl (C=O) groups is 2. The van der Waals surface area contributed by atoms with Crippen LogP contribution in [0.15, 0.2) is 76.2 Å². The van der Waals surface area contributed by atoms with Crippen LogP contribution in [0.2, 0.25) is 0 Å². The molecule has 38 heavy (non-hydrogen) atoms. The topological polar surface area (TPSA) is 162 Å². The van der Waals surface area contributed by atoms with Crippen molar-refractivity contribution in [2.75, 3.05) is 25.6 Å². The fraction of sp³-hybridized carbons (Fsp3) is 0.160. The smallest absolute Gasteiger partial charge is 0.356 e. The Morgan fingerprint density at radius 1 is 1.11 bits per heavy atom. The number of hydrogen-bond acceptors (Lipinski definition) is 8. The molecular weight excluding hydrogens is 516 g/mol. The molecule has 4 aromatic rings. The van der Waals surface area contributed by atoms with Gasteiger partial charge in [0.25, 0.3) is 5.91 Å². The highest BCUT2D eigenvalue weighted by atomic mass is 32.2. The summed E-state index contributed by atoms with van der Waals surface area (Å²) in [5.74, 6) is -1.93. The van der Waals surface area contributed by atoms with Gasteiger partial charge in [-0.3, -0.25) is 4.79 Å². The molecule has 1 amide bonds. The number of furan rings is 1. The molecular formula is C25H24N4O8S. The second kappa shape index (κ2) is 11.3. The molecule has 4 rings (SSSR count). The van der Waals surface area contributed by atoms with Gasteiger partial charge < -0.3 is 24.3 Å². The minimum absolute atomic E-state index is 0.00862. The Morgan fingerprint density at radius 2 is 1.87 bits per heavy atom. The third-order valence-electron chi connectivity index (χ3n) is 5.31. The summed E-state index contributed by atoms with van der Waals surface area (Å²) in [7, 11) is -2.74. The first-order valence-electron chi connectivity index (χ1n) is 11.2. The molecule has 0 saturated carbocycles. The van der Waals surface area contributed by atoms with E-state index in [4.69, 9.17) is 13.9 Å². The highest BCUT2D eigenvalue weighted by Crippen LogP contribution is 2.35. The average molecular weight is 541 g/mol. The minimum atomic E-state index is -4.17. The Balaban J connectivity index is 1.78. The monoisotopic (exact) mass is 540 g/mol. The highest BCUT2D eigenvalue weighted by molar-refractivity contribution is 7.89. The molecule has 0 spiro atoms. The van der Waals surface area contributed by atoms with Crippen LogP contribution < -0.4 is 14.8 Å². The highest BCUT2D eigenvalue weighted by Gasteiger charge is 2.26. The van der Waals surface area contributed by atoms with Gasteiger partial charge in [-0.2, -0.15) is 9.78 Å². The molecule has 13 heteroatoms. The number of aromatic carboxylic acids is 1. The van der Waals surface area contributed by atoms with Crippen molar-refractivity contribution in [1.29, 1.82) is 0 Å². The van der Waals surface area contributed by atoms with E-state index in [0.29, 0.717) is 5.69 Å². The lowest BCUT2D eigenvalue weighted by atomic mass is 10.2. The molecule has 0 radical (unpaired) electrons.